The standard InChI is InChI=1S/C16H23NO2/c1-10(2)7-12-11(3)14(17-9-18)8-13(15(12)19)16(4,5)6/h8-9,19H,1,7H2,2-6H3,(H,17,18). The number of rotatable bonds is 4. The van der Waals surface area contributed by atoms with Crippen molar-refractivity contribution in [1.29, 1.82) is 0 Å². The van der Waals surface area contributed by atoms with Crippen LogP contribution in [-0.4, -0.2) is 11.5 Å². The molecule has 3 nitrogen and oxygen atoms in total. The minimum absolute atomic E-state index is 0.194. The molecule has 0 heterocycles. The third-order valence-electron chi connectivity index (χ3n) is 3.19. The van der Waals surface area contributed by atoms with Crippen molar-refractivity contribution in [3.8, 4) is 5.75 Å². The summed E-state index contributed by atoms with van der Waals surface area (Å²) in [5.41, 5.74) is 4.08. The number of amides is 1. The molecule has 3 heteroatoms. The van der Waals surface area contributed by atoms with Gasteiger partial charge in [0, 0.05) is 16.8 Å². The number of benzene rings is 1. The van der Waals surface area contributed by atoms with Crippen LogP contribution in [0.5, 0.6) is 5.75 Å². The summed E-state index contributed by atoms with van der Waals surface area (Å²) in [5, 5.41) is 13.2. The van der Waals surface area contributed by atoms with E-state index in [1.807, 2.05) is 40.7 Å². The largest absolute Gasteiger partial charge is 0.507 e. The van der Waals surface area contributed by atoms with Crippen LogP contribution < -0.4 is 5.32 Å². The monoisotopic (exact) mass is 261 g/mol. The lowest BCUT2D eigenvalue weighted by molar-refractivity contribution is -0.105. The zero-order chi connectivity index (χ0) is 14.8. The molecule has 0 saturated heterocycles. The molecular formula is C16H23NO2. The van der Waals surface area contributed by atoms with E-state index in [1.165, 1.54) is 0 Å². The van der Waals surface area contributed by atoms with Crippen molar-refractivity contribution in [2.45, 2.75) is 46.5 Å². The Morgan fingerprint density at radius 2 is 2.05 bits per heavy atom. The summed E-state index contributed by atoms with van der Waals surface area (Å²) in [4.78, 5) is 10.7. The minimum atomic E-state index is -0.194. The van der Waals surface area contributed by atoms with Crippen molar-refractivity contribution < 1.29 is 9.90 Å². The van der Waals surface area contributed by atoms with Crippen molar-refractivity contribution in [2.24, 2.45) is 0 Å². The van der Waals surface area contributed by atoms with Crippen LogP contribution in [0.1, 0.15) is 44.4 Å². The molecule has 104 valence electrons. The van der Waals surface area contributed by atoms with Gasteiger partial charge < -0.3 is 10.4 Å². The molecule has 0 bridgehead atoms. The Bertz CT molecular complexity index is 510. The van der Waals surface area contributed by atoms with Crippen LogP contribution in [-0.2, 0) is 16.6 Å². The van der Waals surface area contributed by atoms with Crippen LogP contribution in [0.2, 0.25) is 0 Å². The fourth-order valence-electron chi connectivity index (χ4n) is 2.13. The van der Waals surface area contributed by atoms with Gasteiger partial charge in [-0.25, -0.2) is 0 Å². The zero-order valence-electron chi connectivity index (χ0n) is 12.4. The van der Waals surface area contributed by atoms with Crippen LogP contribution in [0, 0.1) is 6.92 Å². The number of anilines is 1. The van der Waals surface area contributed by atoms with Crippen molar-refractivity contribution in [3.05, 3.63) is 34.9 Å². The van der Waals surface area contributed by atoms with E-state index in [0.717, 1.165) is 28.0 Å². The molecule has 0 radical (unpaired) electrons. The lowest BCUT2D eigenvalue weighted by atomic mass is 9.82. The number of aromatic hydroxyl groups is 1. The molecule has 1 aromatic rings. The van der Waals surface area contributed by atoms with Crippen molar-refractivity contribution >= 4 is 12.1 Å². The number of carbonyl (C=O) groups excluding carboxylic acids is 1. The molecule has 0 aromatic heterocycles. The molecular weight excluding hydrogens is 238 g/mol. The molecule has 0 fully saturated rings. The van der Waals surface area contributed by atoms with E-state index in [2.05, 4.69) is 11.9 Å². The van der Waals surface area contributed by atoms with Gasteiger partial charge in [-0.05, 0) is 37.3 Å². The quantitative estimate of drug-likeness (QED) is 0.493. The van der Waals surface area contributed by atoms with E-state index < -0.39 is 0 Å². The van der Waals surface area contributed by atoms with Gasteiger partial charge >= 0.3 is 0 Å². The third-order valence-corrected chi connectivity index (χ3v) is 3.19. The molecule has 1 aromatic carbocycles. The van der Waals surface area contributed by atoms with Crippen LogP contribution in [0.3, 0.4) is 0 Å². The molecule has 1 amide bonds. The molecule has 0 unspecified atom stereocenters. The van der Waals surface area contributed by atoms with Crippen LogP contribution in [0.4, 0.5) is 5.69 Å². The van der Waals surface area contributed by atoms with E-state index >= 15 is 0 Å². The number of nitrogens with one attached hydrogen (secondary N) is 1. The second kappa shape index (κ2) is 5.47. The maximum absolute atomic E-state index is 10.7. The van der Waals surface area contributed by atoms with E-state index in [-0.39, 0.29) is 5.41 Å². The molecule has 0 aliphatic carbocycles. The fourth-order valence-corrected chi connectivity index (χ4v) is 2.13. The normalized spacial score (nSPS) is 11.2. The molecule has 0 spiro atoms. The van der Waals surface area contributed by atoms with E-state index in [0.29, 0.717) is 18.6 Å². The molecule has 0 saturated carbocycles. The van der Waals surface area contributed by atoms with E-state index in [9.17, 15) is 9.90 Å². The summed E-state index contributed by atoms with van der Waals surface area (Å²) >= 11 is 0. The van der Waals surface area contributed by atoms with Gasteiger partial charge in [-0.15, -0.1) is 0 Å². The average molecular weight is 261 g/mol. The SMILES string of the molecule is C=C(C)Cc1c(C)c(NC=O)cc(C(C)(C)C)c1O. The average Bonchev–Trinajstić information content (AvgIpc) is 2.26. The summed E-state index contributed by atoms with van der Waals surface area (Å²) in [7, 11) is 0. The lowest BCUT2D eigenvalue weighted by Gasteiger charge is -2.25. The van der Waals surface area contributed by atoms with Gasteiger partial charge in [0.2, 0.25) is 6.41 Å². The minimum Gasteiger partial charge on any atom is -0.507 e. The molecule has 1 rings (SSSR count). The topological polar surface area (TPSA) is 49.3 Å². The van der Waals surface area contributed by atoms with Crippen molar-refractivity contribution in [3.63, 3.8) is 0 Å². The van der Waals surface area contributed by atoms with Gasteiger partial charge in [0.1, 0.15) is 5.75 Å². The summed E-state index contributed by atoms with van der Waals surface area (Å²) in [6.45, 7) is 13.8. The highest BCUT2D eigenvalue weighted by atomic mass is 16.3. The first-order chi connectivity index (χ1) is 8.68. The highest BCUT2D eigenvalue weighted by Crippen LogP contribution is 2.39. The Balaban J connectivity index is 3.55. The second-order valence-electron chi connectivity index (χ2n) is 6.07. The van der Waals surface area contributed by atoms with Gasteiger partial charge in [-0.1, -0.05) is 32.9 Å². The maximum atomic E-state index is 10.7. The van der Waals surface area contributed by atoms with Gasteiger partial charge in [0.15, 0.2) is 0 Å². The fraction of sp³-hybridized carbons (Fsp3) is 0.438. The molecule has 19 heavy (non-hydrogen) atoms. The van der Waals surface area contributed by atoms with Gasteiger partial charge in [-0.3, -0.25) is 4.79 Å². The summed E-state index contributed by atoms with van der Waals surface area (Å²) in [6.07, 6.45) is 1.27. The van der Waals surface area contributed by atoms with Crippen molar-refractivity contribution in [2.75, 3.05) is 5.32 Å². The van der Waals surface area contributed by atoms with E-state index in [1.54, 1.807) is 0 Å². The molecule has 0 aliphatic rings. The number of carbonyl (C=O) groups is 1. The molecule has 0 atom stereocenters. The lowest BCUT2D eigenvalue weighted by Crippen LogP contribution is -2.14. The predicted molar refractivity (Wildman–Crippen MR) is 79.7 cm³/mol. The Labute approximate surface area is 115 Å². The number of phenolic OH excluding ortho intramolecular Hbond substituents is 1. The summed E-state index contributed by atoms with van der Waals surface area (Å²) < 4.78 is 0. The second-order valence-corrected chi connectivity index (χ2v) is 6.07. The first-order valence-electron chi connectivity index (χ1n) is 6.39. The Kier molecular flexibility index (Phi) is 4.40. The number of hydrogen-bond acceptors (Lipinski definition) is 2. The number of phenols is 1. The van der Waals surface area contributed by atoms with Crippen LogP contribution in [0.15, 0.2) is 18.2 Å². The Morgan fingerprint density at radius 3 is 2.47 bits per heavy atom. The van der Waals surface area contributed by atoms with Gasteiger partial charge in [-0.2, -0.15) is 0 Å². The van der Waals surface area contributed by atoms with Gasteiger partial charge in [0.05, 0.1) is 0 Å². The third kappa shape index (κ3) is 3.37. The van der Waals surface area contributed by atoms with Crippen LogP contribution >= 0.6 is 0 Å². The molecule has 2 N–H and O–H groups in total. The van der Waals surface area contributed by atoms with Gasteiger partial charge in [0.25, 0.3) is 0 Å². The highest BCUT2D eigenvalue weighted by Gasteiger charge is 2.23. The van der Waals surface area contributed by atoms with Crippen LogP contribution in [0.25, 0.3) is 0 Å². The zero-order valence-corrected chi connectivity index (χ0v) is 12.4. The first-order valence-corrected chi connectivity index (χ1v) is 6.39. The molecule has 0 aliphatic heterocycles. The van der Waals surface area contributed by atoms with E-state index in [4.69, 9.17) is 0 Å². The van der Waals surface area contributed by atoms with Crippen molar-refractivity contribution in [1.82, 2.24) is 0 Å². The maximum Gasteiger partial charge on any atom is 0.211 e. The first kappa shape index (κ1) is 15.3. The number of allylic oxidation sites excluding steroid dienone is 1. The smallest absolute Gasteiger partial charge is 0.211 e. The Hall–Kier alpha value is -1.77. The highest BCUT2D eigenvalue weighted by molar-refractivity contribution is 5.76. The Morgan fingerprint density at radius 1 is 1.47 bits per heavy atom. The summed E-state index contributed by atoms with van der Waals surface area (Å²) in [5.74, 6) is 0.310. The summed E-state index contributed by atoms with van der Waals surface area (Å²) in [6, 6.07) is 1.85. The number of hydrogen-bond donors (Lipinski definition) is 2. The predicted octanol–water partition coefficient (Wildman–Crippen LogP) is 3.69.